The molecule has 0 atom stereocenters. The second kappa shape index (κ2) is 10.6. The van der Waals surface area contributed by atoms with Gasteiger partial charge in [0, 0.05) is 36.6 Å². The predicted molar refractivity (Wildman–Crippen MR) is 146 cm³/mol. The number of anilines is 1. The maximum atomic E-state index is 6.08. The third-order valence-electron chi connectivity index (χ3n) is 6.49. The largest absolute Gasteiger partial charge is 1.00 e. The number of imidazole rings is 1. The van der Waals surface area contributed by atoms with Gasteiger partial charge in [0.1, 0.15) is 11.2 Å². The van der Waals surface area contributed by atoms with Gasteiger partial charge in [0.25, 0.3) is 5.82 Å². The van der Waals surface area contributed by atoms with E-state index in [1.54, 1.807) is 0 Å². The van der Waals surface area contributed by atoms with E-state index in [2.05, 4.69) is 107 Å². The summed E-state index contributed by atoms with van der Waals surface area (Å²) >= 11 is 0. The van der Waals surface area contributed by atoms with Gasteiger partial charge >= 0.3 is 0 Å². The summed E-state index contributed by atoms with van der Waals surface area (Å²) in [5.74, 6) is 1.73. The van der Waals surface area contributed by atoms with Crippen molar-refractivity contribution in [2.45, 2.75) is 13.5 Å². The molecule has 184 valence electrons. The fraction of sp³-hybridized carbons (Fsp3) is 0.0968. The molecule has 37 heavy (non-hydrogen) atoms. The standard InChI is InChI=1S/C31H27N4O.HI/c1-3-34-28-22-23(31-32-26-16-10-11-17-29(26)36-31)18-19-27(28)35(25-14-8-5-9-15-25)30(34)20-21-33(2)24-12-6-4-7-13-24;/h4-22H,3H2,1-2H3;1H/q+1;/p-1. The molecule has 0 saturated heterocycles. The first kappa shape index (κ1) is 24.8. The molecule has 0 spiro atoms. The van der Waals surface area contributed by atoms with E-state index in [9.17, 15) is 0 Å². The lowest BCUT2D eigenvalue weighted by Crippen LogP contribution is -3.00. The Bertz CT molecular complexity index is 1650. The van der Waals surface area contributed by atoms with Crippen LogP contribution in [-0.4, -0.2) is 16.6 Å². The minimum absolute atomic E-state index is 0. The van der Waals surface area contributed by atoms with E-state index in [1.807, 2.05) is 36.4 Å². The van der Waals surface area contributed by atoms with Gasteiger partial charge in [0.05, 0.1) is 6.54 Å². The minimum atomic E-state index is 0. The van der Waals surface area contributed by atoms with Crippen LogP contribution in [0, 0.1) is 0 Å². The quantitative estimate of drug-likeness (QED) is 0.216. The summed E-state index contributed by atoms with van der Waals surface area (Å²) in [7, 11) is 2.07. The fourth-order valence-electron chi connectivity index (χ4n) is 4.70. The SMILES string of the molecule is CC[n+]1c(/C=C/N(C)c2ccccc2)n(-c2ccccc2)c2ccc(-c3nc4ccccc4o3)cc21.[I-]. The predicted octanol–water partition coefficient (Wildman–Crippen LogP) is 3.86. The summed E-state index contributed by atoms with van der Waals surface area (Å²) in [6.07, 6.45) is 4.31. The number of aromatic nitrogens is 3. The van der Waals surface area contributed by atoms with E-state index in [0.29, 0.717) is 5.89 Å². The number of para-hydroxylation sites is 4. The van der Waals surface area contributed by atoms with Crippen molar-refractivity contribution in [1.29, 1.82) is 0 Å². The van der Waals surface area contributed by atoms with Crippen molar-refractivity contribution < 1.29 is 33.0 Å². The number of rotatable bonds is 6. The lowest BCUT2D eigenvalue weighted by molar-refractivity contribution is -0.670. The van der Waals surface area contributed by atoms with E-state index in [1.165, 1.54) is 0 Å². The molecule has 4 aromatic carbocycles. The Kier molecular flexibility index (Phi) is 7.10. The van der Waals surface area contributed by atoms with Crippen LogP contribution < -0.4 is 33.4 Å². The number of hydrogen-bond acceptors (Lipinski definition) is 3. The molecule has 0 unspecified atom stereocenters. The first-order chi connectivity index (χ1) is 17.7. The van der Waals surface area contributed by atoms with E-state index >= 15 is 0 Å². The topological polar surface area (TPSA) is 38.1 Å². The Morgan fingerprint density at radius 1 is 0.892 bits per heavy atom. The van der Waals surface area contributed by atoms with Gasteiger partial charge in [-0.3, -0.25) is 0 Å². The highest BCUT2D eigenvalue weighted by molar-refractivity contribution is 5.83. The molecule has 0 N–H and O–H groups in total. The van der Waals surface area contributed by atoms with Gasteiger partial charge in [-0.25, -0.2) is 9.55 Å². The zero-order chi connectivity index (χ0) is 24.5. The van der Waals surface area contributed by atoms with E-state index < -0.39 is 0 Å². The van der Waals surface area contributed by atoms with Gasteiger partial charge in [-0.15, -0.1) is 0 Å². The van der Waals surface area contributed by atoms with Crippen molar-refractivity contribution in [2.24, 2.45) is 0 Å². The van der Waals surface area contributed by atoms with E-state index in [-0.39, 0.29) is 24.0 Å². The van der Waals surface area contributed by atoms with Crippen molar-refractivity contribution in [1.82, 2.24) is 9.55 Å². The molecule has 2 aromatic heterocycles. The number of benzene rings is 4. The van der Waals surface area contributed by atoms with Crippen LogP contribution in [0.25, 0.3) is 45.4 Å². The number of nitrogens with zero attached hydrogens (tertiary/aromatic N) is 4. The van der Waals surface area contributed by atoms with Gasteiger partial charge in [-0.2, -0.15) is 4.57 Å². The zero-order valence-corrected chi connectivity index (χ0v) is 22.9. The highest BCUT2D eigenvalue weighted by Crippen LogP contribution is 2.29. The molecular formula is C31H27IN4O. The van der Waals surface area contributed by atoms with Crippen LogP contribution in [0.15, 0.2) is 114 Å². The van der Waals surface area contributed by atoms with Gasteiger partial charge in [-0.05, 0) is 55.5 Å². The van der Waals surface area contributed by atoms with Crippen LogP contribution in [0.1, 0.15) is 12.7 Å². The van der Waals surface area contributed by atoms with Crippen molar-refractivity contribution in [3.63, 3.8) is 0 Å². The Labute approximate surface area is 233 Å². The van der Waals surface area contributed by atoms with Gasteiger partial charge in [-0.1, -0.05) is 48.5 Å². The third-order valence-corrected chi connectivity index (χ3v) is 6.49. The van der Waals surface area contributed by atoms with Gasteiger partial charge in [0.15, 0.2) is 16.6 Å². The van der Waals surface area contributed by atoms with E-state index in [4.69, 9.17) is 9.40 Å². The van der Waals surface area contributed by atoms with Crippen LogP contribution in [0.5, 0.6) is 0 Å². The normalized spacial score (nSPS) is 11.3. The lowest BCUT2D eigenvalue weighted by atomic mass is 10.2. The first-order valence-corrected chi connectivity index (χ1v) is 12.2. The summed E-state index contributed by atoms with van der Waals surface area (Å²) in [6, 6.07) is 35.2. The average Bonchev–Trinajstić information content (AvgIpc) is 3.51. The molecule has 0 saturated carbocycles. The highest BCUT2D eigenvalue weighted by Gasteiger charge is 2.25. The van der Waals surface area contributed by atoms with Gasteiger partial charge < -0.3 is 33.3 Å². The second-order valence-electron chi connectivity index (χ2n) is 8.73. The number of aryl methyl sites for hydroxylation is 1. The smallest absolute Gasteiger partial charge is 0.289 e. The average molecular weight is 598 g/mol. The van der Waals surface area contributed by atoms with Crippen molar-refractivity contribution >= 4 is 33.9 Å². The summed E-state index contributed by atoms with van der Waals surface area (Å²) in [5, 5.41) is 0. The molecule has 0 amide bonds. The number of fused-ring (bicyclic) bond motifs is 2. The highest BCUT2D eigenvalue weighted by atomic mass is 127. The maximum Gasteiger partial charge on any atom is 0.289 e. The Morgan fingerprint density at radius 3 is 2.32 bits per heavy atom. The number of hydrogen-bond donors (Lipinski definition) is 0. The van der Waals surface area contributed by atoms with Crippen LogP contribution in [0.3, 0.4) is 0 Å². The molecule has 0 bridgehead atoms. The zero-order valence-electron chi connectivity index (χ0n) is 20.8. The second-order valence-corrected chi connectivity index (χ2v) is 8.73. The maximum absolute atomic E-state index is 6.08. The summed E-state index contributed by atoms with van der Waals surface area (Å²) in [5.41, 5.74) is 7.13. The Morgan fingerprint density at radius 2 is 1.59 bits per heavy atom. The third kappa shape index (κ3) is 4.64. The Balaban J connectivity index is 0.00000280. The molecule has 0 fully saturated rings. The molecule has 6 heteroatoms. The molecule has 2 heterocycles. The molecule has 0 aliphatic heterocycles. The summed E-state index contributed by atoms with van der Waals surface area (Å²) in [6.45, 7) is 3.00. The first-order valence-electron chi connectivity index (χ1n) is 12.2. The number of halogens is 1. The molecular weight excluding hydrogens is 571 g/mol. The molecule has 0 radical (unpaired) electrons. The van der Waals surface area contributed by atoms with Crippen molar-refractivity contribution in [2.75, 3.05) is 11.9 Å². The van der Waals surface area contributed by atoms with Gasteiger partial charge in [0.2, 0.25) is 5.89 Å². The monoisotopic (exact) mass is 598 g/mol. The summed E-state index contributed by atoms with van der Waals surface area (Å²) < 4.78 is 10.7. The van der Waals surface area contributed by atoms with Crippen LogP contribution in [-0.2, 0) is 6.54 Å². The molecule has 0 aliphatic rings. The van der Waals surface area contributed by atoms with Crippen LogP contribution in [0.4, 0.5) is 5.69 Å². The summed E-state index contributed by atoms with van der Waals surface area (Å²) in [4.78, 5) is 6.86. The lowest BCUT2D eigenvalue weighted by Gasteiger charge is -2.13. The van der Waals surface area contributed by atoms with E-state index in [0.717, 1.165) is 51.4 Å². The fourth-order valence-corrected chi connectivity index (χ4v) is 4.70. The minimum Gasteiger partial charge on any atom is -1.00 e. The molecule has 0 aliphatic carbocycles. The molecule has 6 rings (SSSR count). The molecule has 5 nitrogen and oxygen atoms in total. The number of oxazole rings is 1. The van der Waals surface area contributed by atoms with Crippen LogP contribution >= 0.6 is 0 Å². The Hall–Kier alpha value is -3.91. The molecule has 6 aromatic rings. The van der Waals surface area contributed by atoms with Crippen molar-refractivity contribution in [3.05, 3.63) is 115 Å². The van der Waals surface area contributed by atoms with Crippen molar-refractivity contribution in [3.8, 4) is 17.1 Å². The van der Waals surface area contributed by atoms with Crippen LogP contribution in [0.2, 0.25) is 0 Å².